The van der Waals surface area contributed by atoms with Crippen LogP contribution < -0.4 is 0 Å². The average molecular weight is 244 g/mol. The summed E-state index contributed by atoms with van der Waals surface area (Å²) < 4.78 is 23.2. The van der Waals surface area contributed by atoms with Crippen LogP contribution in [-0.4, -0.2) is 36.5 Å². The second-order valence-electron chi connectivity index (χ2n) is 3.46. The van der Waals surface area contributed by atoms with Gasteiger partial charge in [0.25, 0.3) is 0 Å². The highest BCUT2D eigenvalue weighted by molar-refractivity contribution is 7.91. The van der Waals surface area contributed by atoms with Gasteiger partial charge in [0.1, 0.15) is 0 Å². The SMILES string of the molecule is CC(O)CS(=O)(=O)c1ccc(C(=O)O)cc1. The molecule has 1 rings (SSSR count). The van der Waals surface area contributed by atoms with Crippen molar-refractivity contribution in [1.82, 2.24) is 0 Å². The summed E-state index contributed by atoms with van der Waals surface area (Å²) in [5.41, 5.74) is 0.0241. The van der Waals surface area contributed by atoms with Crippen molar-refractivity contribution in [3.63, 3.8) is 0 Å². The fraction of sp³-hybridized carbons (Fsp3) is 0.300. The van der Waals surface area contributed by atoms with Crippen LogP contribution in [0.3, 0.4) is 0 Å². The van der Waals surface area contributed by atoms with Crippen LogP contribution in [0.2, 0.25) is 0 Å². The number of aliphatic hydroxyl groups is 1. The van der Waals surface area contributed by atoms with Crippen LogP contribution in [0.1, 0.15) is 17.3 Å². The Kier molecular flexibility index (Phi) is 3.66. The molecule has 0 radical (unpaired) electrons. The van der Waals surface area contributed by atoms with E-state index >= 15 is 0 Å². The summed E-state index contributed by atoms with van der Waals surface area (Å²) in [6.45, 7) is 1.38. The van der Waals surface area contributed by atoms with Crippen LogP contribution in [0.25, 0.3) is 0 Å². The smallest absolute Gasteiger partial charge is 0.335 e. The number of carbonyl (C=O) groups is 1. The third kappa shape index (κ3) is 3.04. The molecule has 0 spiro atoms. The molecule has 5 nitrogen and oxygen atoms in total. The molecule has 88 valence electrons. The molecule has 0 amide bonds. The summed E-state index contributed by atoms with van der Waals surface area (Å²) in [5.74, 6) is -1.49. The average Bonchev–Trinajstić information content (AvgIpc) is 2.16. The molecular weight excluding hydrogens is 232 g/mol. The van der Waals surface area contributed by atoms with Crippen molar-refractivity contribution < 1.29 is 23.4 Å². The van der Waals surface area contributed by atoms with E-state index in [0.717, 1.165) is 0 Å². The van der Waals surface area contributed by atoms with E-state index in [1.54, 1.807) is 0 Å². The van der Waals surface area contributed by atoms with E-state index in [0.29, 0.717) is 0 Å². The molecule has 0 heterocycles. The largest absolute Gasteiger partial charge is 0.478 e. The highest BCUT2D eigenvalue weighted by Crippen LogP contribution is 2.13. The third-order valence-corrected chi connectivity index (χ3v) is 3.83. The number of carboxylic acid groups (broad SMARTS) is 1. The molecule has 16 heavy (non-hydrogen) atoms. The monoisotopic (exact) mass is 244 g/mol. The normalized spacial score (nSPS) is 13.4. The minimum atomic E-state index is -3.54. The van der Waals surface area contributed by atoms with E-state index in [9.17, 15) is 13.2 Å². The van der Waals surface area contributed by atoms with Gasteiger partial charge in [-0.3, -0.25) is 0 Å². The summed E-state index contributed by atoms with van der Waals surface area (Å²) in [4.78, 5) is 10.6. The van der Waals surface area contributed by atoms with Crippen LogP contribution in [0.4, 0.5) is 0 Å². The maximum atomic E-state index is 11.6. The molecule has 6 heteroatoms. The minimum Gasteiger partial charge on any atom is -0.478 e. The molecule has 1 aromatic carbocycles. The number of hydrogen-bond acceptors (Lipinski definition) is 4. The van der Waals surface area contributed by atoms with Gasteiger partial charge in [-0.05, 0) is 31.2 Å². The van der Waals surface area contributed by atoms with Crippen molar-refractivity contribution in [2.75, 3.05) is 5.75 Å². The zero-order chi connectivity index (χ0) is 12.3. The topological polar surface area (TPSA) is 91.7 Å². The number of hydrogen-bond donors (Lipinski definition) is 2. The van der Waals surface area contributed by atoms with Crippen LogP contribution in [0, 0.1) is 0 Å². The number of benzene rings is 1. The van der Waals surface area contributed by atoms with Crippen molar-refractivity contribution in [3.8, 4) is 0 Å². The Balaban J connectivity index is 3.02. The van der Waals surface area contributed by atoms with Crippen molar-refractivity contribution >= 4 is 15.8 Å². The second-order valence-corrected chi connectivity index (χ2v) is 5.49. The quantitative estimate of drug-likeness (QED) is 0.806. The minimum absolute atomic E-state index is 0.0124. The molecule has 0 aliphatic heterocycles. The van der Waals surface area contributed by atoms with Crippen LogP contribution in [0.15, 0.2) is 29.2 Å². The molecule has 0 aliphatic rings. The van der Waals surface area contributed by atoms with Crippen molar-refractivity contribution in [3.05, 3.63) is 29.8 Å². The third-order valence-electron chi connectivity index (χ3n) is 1.92. The maximum Gasteiger partial charge on any atom is 0.335 e. The predicted octanol–water partition coefficient (Wildman–Crippen LogP) is 0.539. The highest BCUT2D eigenvalue weighted by atomic mass is 32.2. The zero-order valence-electron chi connectivity index (χ0n) is 8.62. The Bertz CT molecular complexity index is 472. The van der Waals surface area contributed by atoms with E-state index in [1.807, 2.05) is 0 Å². The van der Waals surface area contributed by atoms with Crippen LogP contribution >= 0.6 is 0 Å². The Labute approximate surface area is 93.3 Å². The van der Waals surface area contributed by atoms with E-state index in [4.69, 9.17) is 10.2 Å². The Morgan fingerprint density at radius 2 is 1.81 bits per heavy atom. The van der Waals surface area contributed by atoms with Crippen molar-refractivity contribution in [1.29, 1.82) is 0 Å². The summed E-state index contributed by atoms with van der Waals surface area (Å²) in [6.07, 6.45) is -0.954. The zero-order valence-corrected chi connectivity index (χ0v) is 9.44. The van der Waals surface area contributed by atoms with Gasteiger partial charge in [-0.15, -0.1) is 0 Å². The van der Waals surface area contributed by atoms with E-state index in [1.165, 1.54) is 31.2 Å². The summed E-state index contributed by atoms with van der Waals surface area (Å²) in [5, 5.41) is 17.7. The maximum absolute atomic E-state index is 11.6. The number of aliphatic hydroxyl groups excluding tert-OH is 1. The molecule has 0 fully saturated rings. The Morgan fingerprint density at radius 3 is 2.19 bits per heavy atom. The fourth-order valence-corrected chi connectivity index (χ4v) is 2.60. The molecule has 0 bridgehead atoms. The van der Waals surface area contributed by atoms with E-state index in [-0.39, 0.29) is 16.2 Å². The lowest BCUT2D eigenvalue weighted by atomic mass is 10.2. The van der Waals surface area contributed by atoms with E-state index in [2.05, 4.69) is 0 Å². The number of sulfone groups is 1. The summed E-state index contributed by atoms with van der Waals surface area (Å²) in [7, 11) is -3.54. The lowest BCUT2D eigenvalue weighted by molar-refractivity contribution is 0.0696. The molecule has 2 N–H and O–H groups in total. The van der Waals surface area contributed by atoms with Gasteiger partial charge in [0, 0.05) is 0 Å². The van der Waals surface area contributed by atoms with Gasteiger partial charge in [0.15, 0.2) is 9.84 Å². The molecule has 0 aromatic heterocycles. The molecule has 0 saturated carbocycles. The number of carboxylic acids is 1. The van der Waals surface area contributed by atoms with Crippen LogP contribution in [0.5, 0.6) is 0 Å². The van der Waals surface area contributed by atoms with Gasteiger partial charge < -0.3 is 10.2 Å². The lowest BCUT2D eigenvalue weighted by Gasteiger charge is -2.06. The summed E-state index contributed by atoms with van der Waals surface area (Å²) in [6, 6.07) is 4.89. The standard InChI is InChI=1S/C10H12O5S/c1-7(11)6-16(14,15)9-4-2-8(3-5-9)10(12)13/h2-5,7,11H,6H2,1H3,(H,12,13). The van der Waals surface area contributed by atoms with Gasteiger partial charge >= 0.3 is 5.97 Å². The summed E-state index contributed by atoms with van der Waals surface area (Å²) >= 11 is 0. The molecule has 1 aromatic rings. The first-order valence-corrected chi connectivity index (χ1v) is 6.22. The van der Waals surface area contributed by atoms with Gasteiger partial charge in [0.2, 0.25) is 0 Å². The first kappa shape index (κ1) is 12.7. The van der Waals surface area contributed by atoms with Crippen molar-refractivity contribution in [2.24, 2.45) is 0 Å². The first-order valence-electron chi connectivity index (χ1n) is 4.57. The van der Waals surface area contributed by atoms with Crippen molar-refractivity contribution in [2.45, 2.75) is 17.9 Å². The van der Waals surface area contributed by atoms with Gasteiger partial charge in [-0.2, -0.15) is 0 Å². The van der Waals surface area contributed by atoms with Gasteiger partial charge in [-0.25, -0.2) is 13.2 Å². The fourth-order valence-electron chi connectivity index (χ4n) is 1.22. The van der Waals surface area contributed by atoms with E-state index < -0.39 is 21.9 Å². The molecular formula is C10H12O5S. The lowest BCUT2D eigenvalue weighted by Crippen LogP contribution is -2.17. The predicted molar refractivity (Wildman–Crippen MR) is 57.1 cm³/mol. The molecule has 0 aliphatic carbocycles. The Morgan fingerprint density at radius 1 is 1.31 bits per heavy atom. The second kappa shape index (κ2) is 4.63. The first-order chi connectivity index (χ1) is 7.33. The number of rotatable bonds is 4. The highest BCUT2D eigenvalue weighted by Gasteiger charge is 2.17. The van der Waals surface area contributed by atoms with Gasteiger partial charge in [0.05, 0.1) is 22.3 Å². The van der Waals surface area contributed by atoms with Gasteiger partial charge in [-0.1, -0.05) is 0 Å². The van der Waals surface area contributed by atoms with Crippen LogP contribution in [-0.2, 0) is 9.84 Å². The molecule has 1 unspecified atom stereocenters. The Hall–Kier alpha value is -1.40. The molecule has 0 saturated heterocycles. The number of aromatic carboxylic acids is 1. The molecule has 1 atom stereocenters.